The van der Waals surface area contributed by atoms with E-state index in [1.807, 2.05) is 42.6 Å². The summed E-state index contributed by atoms with van der Waals surface area (Å²) < 4.78 is 1.31. The van der Waals surface area contributed by atoms with E-state index in [4.69, 9.17) is 0 Å². The van der Waals surface area contributed by atoms with E-state index in [1.165, 1.54) is 16.7 Å². The number of nitrogens with zero attached hydrogens (tertiary/aromatic N) is 6. The van der Waals surface area contributed by atoms with Gasteiger partial charge in [-0.15, -0.1) is 0 Å². The van der Waals surface area contributed by atoms with Crippen LogP contribution in [-0.4, -0.2) is 38.4 Å². The zero-order valence-electron chi connectivity index (χ0n) is 22.1. The van der Waals surface area contributed by atoms with Gasteiger partial charge in [0.1, 0.15) is 17.5 Å². The Morgan fingerprint density at radius 2 is 1.90 bits per heavy atom. The molecule has 6 rings (SSSR count). The molecule has 2 aromatic carbocycles. The number of aliphatic hydroxyl groups excluding tert-OH is 1. The summed E-state index contributed by atoms with van der Waals surface area (Å²) in [5.41, 5.74) is 6.34. The number of likely N-dealkylation sites (tertiary alicyclic amines) is 1. The third kappa shape index (κ3) is 4.75. The lowest BCUT2D eigenvalue weighted by atomic mass is 9.88. The van der Waals surface area contributed by atoms with E-state index >= 15 is 0 Å². The van der Waals surface area contributed by atoms with Gasteiger partial charge in [-0.3, -0.25) is 9.69 Å². The third-order valence-corrected chi connectivity index (χ3v) is 7.75. The van der Waals surface area contributed by atoms with Gasteiger partial charge >= 0.3 is 0 Å². The van der Waals surface area contributed by atoms with Crippen molar-refractivity contribution in [1.82, 2.24) is 19.7 Å². The molecule has 198 valence electrons. The minimum atomic E-state index is -0.316. The van der Waals surface area contributed by atoms with E-state index in [1.54, 1.807) is 13.1 Å². The Hall–Kier alpha value is -4.21. The zero-order valence-corrected chi connectivity index (χ0v) is 22.1. The van der Waals surface area contributed by atoms with Crippen LogP contribution in [0.25, 0.3) is 11.3 Å². The van der Waals surface area contributed by atoms with Gasteiger partial charge in [0.15, 0.2) is 0 Å². The highest BCUT2D eigenvalue weighted by Gasteiger charge is 2.25. The Balaban J connectivity index is 1.35. The Labute approximate surface area is 226 Å². The number of aliphatic hydroxyl groups is 1. The number of rotatable bonds is 6. The van der Waals surface area contributed by atoms with Gasteiger partial charge in [0.05, 0.1) is 18.8 Å². The molecule has 0 aliphatic carbocycles. The smallest absolute Gasteiger partial charge is 0.290 e. The average molecular weight is 522 g/mol. The average Bonchev–Trinajstić information content (AvgIpc) is 3.40. The van der Waals surface area contributed by atoms with Crippen molar-refractivity contribution in [3.63, 3.8) is 0 Å². The van der Waals surface area contributed by atoms with Crippen molar-refractivity contribution in [2.24, 2.45) is 17.3 Å². The number of anilines is 2. The number of hydrogen-bond acceptors (Lipinski definition) is 8. The number of pyridine rings is 1. The number of benzene rings is 2. The fraction of sp³-hybridized carbons (Fsp3) is 0.300. The van der Waals surface area contributed by atoms with E-state index < -0.39 is 0 Å². The minimum Gasteiger partial charge on any atom is -0.392 e. The molecule has 2 atom stereocenters. The van der Waals surface area contributed by atoms with Crippen molar-refractivity contribution in [3.05, 3.63) is 105 Å². The van der Waals surface area contributed by atoms with Crippen LogP contribution >= 0.6 is 0 Å². The summed E-state index contributed by atoms with van der Waals surface area (Å²) >= 11 is 0. The first-order valence-corrected chi connectivity index (χ1v) is 13.2. The van der Waals surface area contributed by atoms with Crippen molar-refractivity contribution >= 4 is 11.5 Å². The fourth-order valence-corrected chi connectivity index (χ4v) is 5.69. The second-order valence-electron chi connectivity index (χ2n) is 10.2. The molecule has 1 fully saturated rings. The third-order valence-electron chi connectivity index (χ3n) is 7.75. The largest absolute Gasteiger partial charge is 0.392 e. The van der Waals surface area contributed by atoms with Crippen LogP contribution in [0, 0.1) is 0 Å². The summed E-state index contributed by atoms with van der Waals surface area (Å²) in [5.74, 6) is 0.587. The molecule has 0 radical (unpaired) electrons. The van der Waals surface area contributed by atoms with Gasteiger partial charge in [-0.2, -0.15) is 15.3 Å². The number of fused-ring (bicyclic) bond motifs is 1. The van der Waals surface area contributed by atoms with Gasteiger partial charge < -0.3 is 10.4 Å². The van der Waals surface area contributed by atoms with Crippen LogP contribution in [0.1, 0.15) is 52.7 Å². The SMILES string of the molecule is CN1CCC[C@H]1c1ccc(Nc2cc(-c3cccc(C4N=NCc5ccccc54)c3CO)nn(C)c2=O)nc1. The van der Waals surface area contributed by atoms with Crippen LogP contribution < -0.4 is 10.9 Å². The standard InChI is InChI=1S/C30H31N7O2/c1-36-14-6-11-27(36)20-12-13-28(31-16-20)33-26-15-25(35-37(2)30(26)39)22-9-5-10-23(24(22)18-38)29-21-8-4-3-7-19(21)17-32-34-29/h3-5,7-10,12-13,15-16,27,29,38H,6,11,14,17-18H2,1-2H3,(H,31,33)/t27-,29?/m0/s1. The molecule has 2 aliphatic rings. The number of azo groups is 1. The maximum Gasteiger partial charge on any atom is 0.290 e. The summed E-state index contributed by atoms with van der Waals surface area (Å²) in [5, 5.41) is 27.1. The molecule has 0 bridgehead atoms. The number of hydrogen-bond donors (Lipinski definition) is 2. The lowest BCUT2D eigenvalue weighted by Crippen LogP contribution is -2.23. The summed E-state index contributed by atoms with van der Waals surface area (Å²) in [7, 11) is 3.76. The van der Waals surface area contributed by atoms with Crippen molar-refractivity contribution in [1.29, 1.82) is 0 Å². The highest BCUT2D eigenvalue weighted by molar-refractivity contribution is 5.70. The Morgan fingerprint density at radius 1 is 1.05 bits per heavy atom. The van der Waals surface area contributed by atoms with Crippen molar-refractivity contribution in [2.75, 3.05) is 18.9 Å². The van der Waals surface area contributed by atoms with Gasteiger partial charge in [-0.1, -0.05) is 48.5 Å². The van der Waals surface area contributed by atoms with E-state index in [9.17, 15) is 9.90 Å². The van der Waals surface area contributed by atoms with E-state index in [0.29, 0.717) is 35.3 Å². The molecule has 2 aromatic heterocycles. The predicted octanol–water partition coefficient (Wildman–Crippen LogP) is 4.90. The molecule has 9 nitrogen and oxygen atoms in total. The Bertz CT molecular complexity index is 1600. The molecule has 39 heavy (non-hydrogen) atoms. The van der Waals surface area contributed by atoms with Crippen molar-refractivity contribution in [3.8, 4) is 11.3 Å². The highest BCUT2D eigenvalue weighted by atomic mass is 16.3. The molecule has 9 heteroatoms. The first-order valence-electron chi connectivity index (χ1n) is 13.2. The van der Waals surface area contributed by atoms with Gasteiger partial charge in [-0.05, 0) is 66.4 Å². The summed E-state index contributed by atoms with van der Waals surface area (Å²) in [6.07, 6.45) is 4.19. The van der Waals surface area contributed by atoms with Gasteiger partial charge in [0.2, 0.25) is 0 Å². The molecule has 1 saturated heterocycles. The van der Waals surface area contributed by atoms with E-state index in [2.05, 4.69) is 55.8 Å². The molecule has 4 aromatic rings. The first kappa shape index (κ1) is 25.1. The molecule has 0 spiro atoms. The Kier molecular flexibility index (Phi) is 6.76. The lowest BCUT2D eigenvalue weighted by molar-refractivity contribution is 0.280. The monoisotopic (exact) mass is 521 g/mol. The summed E-state index contributed by atoms with van der Waals surface area (Å²) in [4.78, 5) is 19.9. The first-order chi connectivity index (χ1) is 19.0. The topological polar surface area (TPSA) is 108 Å². The summed E-state index contributed by atoms with van der Waals surface area (Å²) in [6, 6.07) is 19.7. The number of aryl methyl sites for hydroxylation is 1. The molecular weight excluding hydrogens is 490 g/mol. The van der Waals surface area contributed by atoms with Crippen molar-refractivity contribution in [2.45, 2.75) is 38.1 Å². The van der Waals surface area contributed by atoms with E-state index in [-0.39, 0.29) is 18.2 Å². The minimum absolute atomic E-state index is 0.203. The molecule has 2 aliphatic heterocycles. The van der Waals surface area contributed by atoms with Crippen molar-refractivity contribution < 1.29 is 5.11 Å². The van der Waals surface area contributed by atoms with Crippen LogP contribution in [0.2, 0.25) is 0 Å². The number of nitrogens with one attached hydrogen (secondary N) is 1. The number of aromatic nitrogens is 3. The lowest BCUT2D eigenvalue weighted by Gasteiger charge is -2.23. The van der Waals surface area contributed by atoms with Gasteiger partial charge in [0.25, 0.3) is 5.56 Å². The van der Waals surface area contributed by atoms with Crippen LogP contribution in [-0.2, 0) is 20.2 Å². The van der Waals surface area contributed by atoms with Gasteiger partial charge in [-0.25, -0.2) is 9.67 Å². The van der Waals surface area contributed by atoms with Crippen LogP contribution in [0.4, 0.5) is 11.5 Å². The fourth-order valence-electron chi connectivity index (χ4n) is 5.69. The van der Waals surface area contributed by atoms with Crippen LogP contribution in [0.5, 0.6) is 0 Å². The molecule has 1 unspecified atom stereocenters. The maximum absolute atomic E-state index is 13.0. The molecule has 0 amide bonds. The van der Waals surface area contributed by atoms with Gasteiger partial charge in [0, 0.05) is 24.8 Å². The van der Waals surface area contributed by atoms with E-state index in [0.717, 1.165) is 35.2 Å². The maximum atomic E-state index is 13.0. The molecular formula is C30H31N7O2. The van der Waals surface area contributed by atoms with Crippen LogP contribution in [0.15, 0.2) is 81.9 Å². The normalized spacial score (nSPS) is 18.7. The molecule has 0 saturated carbocycles. The predicted molar refractivity (Wildman–Crippen MR) is 150 cm³/mol. The zero-order chi connectivity index (χ0) is 26.9. The molecule has 2 N–H and O–H groups in total. The van der Waals surface area contributed by atoms with Crippen LogP contribution in [0.3, 0.4) is 0 Å². The summed E-state index contributed by atoms with van der Waals surface area (Å²) in [6.45, 7) is 1.43. The second-order valence-corrected chi connectivity index (χ2v) is 10.2. The highest BCUT2D eigenvalue weighted by Crippen LogP contribution is 2.38. The Morgan fingerprint density at radius 3 is 2.67 bits per heavy atom. The molecule has 4 heterocycles. The second kappa shape index (κ2) is 10.5. The quantitative estimate of drug-likeness (QED) is 0.374.